The molecule has 2 aliphatic carbocycles. The van der Waals surface area contributed by atoms with Gasteiger partial charge in [-0.15, -0.1) is 0 Å². The lowest BCUT2D eigenvalue weighted by Gasteiger charge is -2.34. The molecule has 7 rings (SSSR count). The SMILES string of the molecule is Cc1ccc2c(NC(=O)C3CC34CCCC4)cccc2c1Oc1ncccc1-c1ccnc(N[C@H]2CCCN(C(=O)OC(C)(C)C)C2)n1. The minimum Gasteiger partial charge on any atom is -0.444 e. The molecule has 2 aromatic carbocycles. The topological polar surface area (TPSA) is 119 Å². The molecule has 2 N–H and O–H groups in total. The molecule has 1 aliphatic heterocycles. The molecule has 48 heavy (non-hydrogen) atoms. The van der Waals surface area contributed by atoms with Crippen molar-refractivity contribution in [3.8, 4) is 22.9 Å². The summed E-state index contributed by atoms with van der Waals surface area (Å²) in [6.07, 6.45) is 10.7. The summed E-state index contributed by atoms with van der Waals surface area (Å²) in [6.45, 7) is 8.80. The van der Waals surface area contributed by atoms with Crippen LogP contribution in [0.4, 0.5) is 16.4 Å². The Morgan fingerprint density at radius 1 is 0.958 bits per heavy atom. The van der Waals surface area contributed by atoms with E-state index in [1.54, 1.807) is 17.3 Å². The van der Waals surface area contributed by atoms with E-state index < -0.39 is 5.60 Å². The van der Waals surface area contributed by atoms with Crippen molar-refractivity contribution < 1.29 is 19.1 Å². The molecule has 1 saturated heterocycles. The van der Waals surface area contributed by atoms with Gasteiger partial charge in [-0.3, -0.25) is 4.79 Å². The lowest BCUT2D eigenvalue weighted by molar-refractivity contribution is -0.118. The van der Waals surface area contributed by atoms with Crippen molar-refractivity contribution in [1.29, 1.82) is 0 Å². The van der Waals surface area contributed by atoms with Crippen LogP contribution in [0.1, 0.15) is 71.3 Å². The first kappa shape index (κ1) is 31.8. The Hall–Kier alpha value is -4.73. The van der Waals surface area contributed by atoms with Gasteiger partial charge in [-0.2, -0.15) is 0 Å². The number of aromatic nitrogens is 3. The highest BCUT2D eigenvalue weighted by Crippen LogP contribution is 2.63. The van der Waals surface area contributed by atoms with E-state index in [9.17, 15) is 9.59 Å². The maximum Gasteiger partial charge on any atom is 0.410 e. The van der Waals surface area contributed by atoms with Crippen LogP contribution >= 0.6 is 0 Å². The van der Waals surface area contributed by atoms with Gasteiger partial charge in [0.2, 0.25) is 17.7 Å². The van der Waals surface area contributed by atoms with Crippen molar-refractivity contribution in [2.75, 3.05) is 23.7 Å². The predicted molar refractivity (Wildman–Crippen MR) is 186 cm³/mol. The fraction of sp³-hybridized carbons (Fsp3) is 0.447. The van der Waals surface area contributed by atoms with Crippen LogP contribution in [0.5, 0.6) is 11.6 Å². The van der Waals surface area contributed by atoms with E-state index in [2.05, 4.69) is 20.6 Å². The van der Waals surface area contributed by atoms with Crippen LogP contribution < -0.4 is 15.4 Å². The number of nitrogens with zero attached hydrogens (tertiary/aromatic N) is 4. The highest BCUT2D eigenvalue weighted by Gasteiger charge is 2.58. The molecule has 2 atom stereocenters. The summed E-state index contributed by atoms with van der Waals surface area (Å²) < 4.78 is 12.2. The molecule has 0 radical (unpaired) electrons. The van der Waals surface area contributed by atoms with Crippen LogP contribution in [0.2, 0.25) is 0 Å². The van der Waals surface area contributed by atoms with Gasteiger partial charge >= 0.3 is 6.09 Å². The highest BCUT2D eigenvalue weighted by molar-refractivity contribution is 6.06. The van der Waals surface area contributed by atoms with Gasteiger partial charge in [-0.25, -0.2) is 19.7 Å². The molecular formula is C38H44N6O4. The zero-order chi connectivity index (χ0) is 33.5. The van der Waals surface area contributed by atoms with E-state index in [1.807, 2.05) is 76.2 Å². The summed E-state index contributed by atoms with van der Waals surface area (Å²) in [7, 11) is 0. The van der Waals surface area contributed by atoms with Crippen LogP contribution in [0.25, 0.3) is 22.0 Å². The first-order chi connectivity index (χ1) is 23.1. The van der Waals surface area contributed by atoms with E-state index in [1.165, 1.54) is 25.7 Å². The molecule has 10 heteroatoms. The number of nitrogens with one attached hydrogen (secondary N) is 2. The number of rotatable bonds is 7. The fourth-order valence-electron chi connectivity index (χ4n) is 7.37. The molecule has 10 nitrogen and oxygen atoms in total. The number of aryl methyl sites for hydroxylation is 1. The third-order valence-electron chi connectivity index (χ3n) is 9.88. The summed E-state index contributed by atoms with van der Waals surface area (Å²) in [5.41, 5.74) is 2.82. The maximum absolute atomic E-state index is 13.3. The molecule has 250 valence electrons. The quantitative estimate of drug-likeness (QED) is 0.206. The Balaban J connectivity index is 1.10. The van der Waals surface area contributed by atoms with Crippen LogP contribution in [-0.4, -0.2) is 56.6 Å². The van der Waals surface area contributed by atoms with Gasteiger partial charge in [0, 0.05) is 53.9 Å². The van der Waals surface area contributed by atoms with Crippen molar-refractivity contribution in [2.24, 2.45) is 11.3 Å². The number of ether oxygens (including phenoxy) is 2. The van der Waals surface area contributed by atoms with Crippen molar-refractivity contribution in [2.45, 2.75) is 84.3 Å². The van der Waals surface area contributed by atoms with Gasteiger partial charge in [0.15, 0.2) is 0 Å². The molecule has 1 unspecified atom stereocenters. The molecule has 1 spiro atoms. The number of anilines is 2. The number of fused-ring (bicyclic) bond motifs is 1. The molecule has 3 fully saturated rings. The smallest absolute Gasteiger partial charge is 0.410 e. The first-order valence-corrected chi connectivity index (χ1v) is 17.1. The zero-order valence-electron chi connectivity index (χ0n) is 28.2. The Morgan fingerprint density at radius 2 is 1.79 bits per heavy atom. The van der Waals surface area contributed by atoms with Gasteiger partial charge in [0.05, 0.1) is 11.3 Å². The number of hydrogen-bond acceptors (Lipinski definition) is 8. The molecule has 2 saturated carbocycles. The lowest BCUT2D eigenvalue weighted by Crippen LogP contribution is -2.47. The van der Waals surface area contributed by atoms with E-state index in [0.29, 0.717) is 36.4 Å². The maximum atomic E-state index is 13.3. The monoisotopic (exact) mass is 648 g/mol. The number of amides is 2. The Kier molecular flexibility index (Phi) is 8.43. The number of likely N-dealkylation sites (tertiary alicyclic amines) is 1. The number of carbonyl (C=O) groups is 2. The predicted octanol–water partition coefficient (Wildman–Crippen LogP) is 8.12. The Bertz CT molecular complexity index is 1850. The minimum atomic E-state index is -0.546. The molecule has 4 aromatic rings. The van der Waals surface area contributed by atoms with Gasteiger partial charge in [-0.1, -0.05) is 37.1 Å². The largest absolute Gasteiger partial charge is 0.444 e. The van der Waals surface area contributed by atoms with Crippen molar-refractivity contribution in [3.63, 3.8) is 0 Å². The van der Waals surface area contributed by atoms with Gasteiger partial charge in [0.1, 0.15) is 11.4 Å². The fourth-order valence-corrected chi connectivity index (χ4v) is 7.37. The Morgan fingerprint density at radius 3 is 2.60 bits per heavy atom. The van der Waals surface area contributed by atoms with Gasteiger partial charge in [-0.05, 0) is 95.0 Å². The average molecular weight is 649 g/mol. The minimum absolute atomic E-state index is 0.0113. The van der Waals surface area contributed by atoms with Crippen LogP contribution in [0.3, 0.4) is 0 Å². The van der Waals surface area contributed by atoms with E-state index in [-0.39, 0.29) is 29.4 Å². The molecular weight excluding hydrogens is 604 g/mol. The number of carbonyl (C=O) groups excluding carboxylic acids is 2. The number of benzene rings is 2. The molecule has 2 aromatic heterocycles. The number of pyridine rings is 1. The summed E-state index contributed by atoms with van der Waals surface area (Å²) >= 11 is 0. The standard InChI is InChI=1S/C38H44N6O4/c1-24-14-15-26-27(11-7-13-30(26)42-33(45)29-22-38(29)17-5-6-18-38)32(24)47-34-28(12-8-19-39-34)31-16-20-40-35(43-31)41-25-10-9-21-44(23-25)36(46)48-37(2,3)4/h7-8,11-16,19-20,25,29H,5-6,9-10,17-18,21-23H2,1-4H3,(H,42,45)(H,40,41,43)/t25-,29?/m0/s1. The van der Waals surface area contributed by atoms with Crippen molar-refractivity contribution in [1.82, 2.24) is 19.9 Å². The number of piperidine rings is 1. The third kappa shape index (κ3) is 6.66. The Labute approximate surface area is 281 Å². The summed E-state index contributed by atoms with van der Waals surface area (Å²) in [5.74, 6) is 1.80. The molecule has 3 heterocycles. The van der Waals surface area contributed by atoms with Gasteiger partial charge in [0.25, 0.3) is 0 Å². The average Bonchev–Trinajstić information content (AvgIpc) is 3.57. The van der Waals surface area contributed by atoms with E-state index >= 15 is 0 Å². The van der Waals surface area contributed by atoms with E-state index in [4.69, 9.17) is 14.5 Å². The van der Waals surface area contributed by atoms with Crippen LogP contribution in [0, 0.1) is 18.3 Å². The number of hydrogen-bond donors (Lipinski definition) is 2. The molecule has 0 bridgehead atoms. The summed E-state index contributed by atoms with van der Waals surface area (Å²) in [5, 5.41) is 8.48. The second-order valence-electron chi connectivity index (χ2n) is 14.6. The van der Waals surface area contributed by atoms with E-state index in [0.717, 1.165) is 46.8 Å². The first-order valence-electron chi connectivity index (χ1n) is 17.1. The molecule has 2 amide bonds. The zero-order valence-corrected chi connectivity index (χ0v) is 28.2. The summed E-state index contributed by atoms with van der Waals surface area (Å²) in [4.78, 5) is 41.6. The molecule has 3 aliphatic rings. The second-order valence-corrected chi connectivity index (χ2v) is 14.6. The third-order valence-corrected chi connectivity index (χ3v) is 9.88. The second kappa shape index (κ2) is 12.7. The highest BCUT2D eigenvalue weighted by atomic mass is 16.6. The normalized spacial score (nSPS) is 20.0. The summed E-state index contributed by atoms with van der Waals surface area (Å²) in [6, 6.07) is 15.6. The van der Waals surface area contributed by atoms with Crippen molar-refractivity contribution in [3.05, 3.63) is 66.5 Å². The van der Waals surface area contributed by atoms with Gasteiger partial charge < -0.3 is 25.0 Å². The van der Waals surface area contributed by atoms with Crippen LogP contribution in [-0.2, 0) is 9.53 Å². The van der Waals surface area contributed by atoms with Crippen molar-refractivity contribution >= 4 is 34.4 Å². The van der Waals surface area contributed by atoms with Crippen LogP contribution in [0.15, 0.2) is 60.9 Å². The lowest BCUT2D eigenvalue weighted by atomic mass is 10.0.